The van der Waals surface area contributed by atoms with E-state index in [1.54, 1.807) is 5.48 Å². The first kappa shape index (κ1) is 11.2. The van der Waals surface area contributed by atoms with Crippen LogP contribution in [0.1, 0.15) is 20.8 Å². The minimum absolute atomic E-state index is 0.674. The van der Waals surface area contributed by atoms with E-state index < -0.39 is 17.7 Å². The van der Waals surface area contributed by atoms with E-state index in [0.29, 0.717) is 0 Å². The molecule has 0 heterocycles. The Balaban J connectivity index is 4.14. The summed E-state index contributed by atoms with van der Waals surface area (Å²) in [5.74, 6) is -0.674. The molecule has 0 unspecified atom stereocenters. The van der Waals surface area contributed by atoms with Gasteiger partial charge >= 0.3 is 6.18 Å². The second-order valence-corrected chi connectivity index (χ2v) is 2.77. The van der Waals surface area contributed by atoms with Gasteiger partial charge in [0.15, 0.2) is 5.60 Å². The number of hydroxylamine groups is 1. The van der Waals surface area contributed by atoms with Crippen LogP contribution >= 0.6 is 0 Å². The fraction of sp³-hybridized carbons (Fsp3) is 0.833. The smallest absolute Gasteiger partial charge is 0.273 e. The van der Waals surface area contributed by atoms with Crippen molar-refractivity contribution in [1.82, 2.24) is 5.48 Å². The van der Waals surface area contributed by atoms with Gasteiger partial charge < -0.3 is 0 Å². The third kappa shape index (κ3) is 3.08. The molecule has 0 spiro atoms. The molecule has 0 atom stereocenters. The molecule has 1 N–H and O–H groups in total. The Labute approximate surface area is 67.8 Å². The van der Waals surface area contributed by atoms with Gasteiger partial charge in [0.05, 0.1) is 0 Å². The van der Waals surface area contributed by atoms with Crippen LogP contribution in [0.2, 0.25) is 0 Å². The van der Waals surface area contributed by atoms with Crippen LogP contribution in [0.3, 0.4) is 0 Å². The van der Waals surface area contributed by atoms with Gasteiger partial charge in [-0.15, -0.1) is 0 Å². The summed E-state index contributed by atoms with van der Waals surface area (Å²) >= 11 is 0. The van der Waals surface area contributed by atoms with E-state index in [0.717, 1.165) is 20.8 Å². The summed E-state index contributed by atoms with van der Waals surface area (Å²) in [6.45, 7) is 2.71. The first-order valence-electron chi connectivity index (χ1n) is 3.18. The Kier molecular flexibility index (Phi) is 3.09. The van der Waals surface area contributed by atoms with Crippen LogP contribution in [0.4, 0.5) is 13.2 Å². The topological polar surface area (TPSA) is 38.3 Å². The molecule has 0 aromatic carbocycles. The molecule has 0 aliphatic heterocycles. The molecule has 0 saturated carbocycles. The number of hydrogen-bond donors (Lipinski definition) is 1. The van der Waals surface area contributed by atoms with Crippen molar-refractivity contribution in [3.63, 3.8) is 0 Å². The predicted octanol–water partition coefficient (Wildman–Crippen LogP) is 1.40. The monoisotopic (exact) mass is 185 g/mol. The lowest BCUT2D eigenvalue weighted by Gasteiger charge is -2.26. The van der Waals surface area contributed by atoms with Crippen molar-refractivity contribution in [2.75, 3.05) is 0 Å². The number of hydrogen-bond acceptors (Lipinski definition) is 2. The average molecular weight is 185 g/mol. The Morgan fingerprint density at radius 2 is 1.75 bits per heavy atom. The second kappa shape index (κ2) is 3.30. The van der Waals surface area contributed by atoms with E-state index >= 15 is 0 Å². The Morgan fingerprint density at radius 1 is 1.33 bits per heavy atom. The molecule has 0 aliphatic carbocycles. The maximum absolute atomic E-state index is 12.0. The summed E-state index contributed by atoms with van der Waals surface area (Å²) in [7, 11) is 0. The van der Waals surface area contributed by atoms with Gasteiger partial charge in [0.25, 0.3) is 0 Å². The van der Waals surface area contributed by atoms with Crippen molar-refractivity contribution >= 4 is 5.91 Å². The Morgan fingerprint density at radius 3 is 2.00 bits per heavy atom. The summed E-state index contributed by atoms with van der Waals surface area (Å²) in [5, 5.41) is 0. The van der Waals surface area contributed by atoms with E-state index in [4.69, 9.17) is 0 Å². The maximum Gasteiger partial charge on any atom is 0.419 e. The van der Waals surface area contributed by atoms with E-state index in [1.807, 2.05) is 0 Å². The maximum atomic E-state index is 12.0. The molecule has 0 radical (unpaired) electrons. The number of nitrogens with one attached hydrogen (secondary N) is 1. The normalized spacial score (nSPS) is 12.8. The highest BCUT2D eigenvalue weighted by molar-refractivity contribution is 5.71. The predicted molar refractivity (Wildman–Crippen MR) is 35.0 cm³/mol. The fourth-order valence-electron chi connectivity index (χ4n) is 0.257. The van der Waals surface area contributed by atoms with E-state index in [1.165, 1.54) is 0 Å². The van der Waals surface area contributed by atoms with Gasteiger partial charge in [-0.1, -0.05) is 0 Å². The molecule has 72 valence electrons. The number of halogens is 3. The van der Waals surface area contributed by atoms with Gasteiger partial charge in [0.1, 0.15) is 0 Å². The molecule has 0 rings (SSSR count). The number of alkyl halides is 3. The van der Waals surface area contributed by atoms with Crippen LogP contribution in [0.25, 0.3) is 0 Å². The van der Waals surface area contributed by atoms with Gasteiger partial charge in [0.2, 0.25) is 5.91 Å². The highest BCUT2D eigenvalue weighted by Gasteiger charge is 2.49. The summed E-state index contributed by atoms with van der Waals surface area (Å²) in [6, 6.07) is 0. The van der Waals surface area contributed by atoms with Crippen LogP contribution in [0, 0.1) is 0 Å². The molecule has 0 bridgehead atoms. The minimum atomic E-state index is -4.50. The summed E-state index contributed by atoms with van der Waals surface area (Å²) < 4.78 is 36.0. The largest absolute Gasteiger partial charge is 0.419 e. The summed E-state index contributed by atoms with van der Waals surface area (Å²) in [4.78, 5) is 14.3. The lowest BCUT2D eigenvalue weighted by atomic mass is 10.1. The lowest BCUT2D eigenvalue weighted by Crippen LogP contribution is -2.46. The van der Waals surface area contributed by atoms with Crippen molar-refractivity contribution in [3.05, 3.63) is 0 Å². The molecular weight excluding hydrogens is 175 g/mol. The molecule has 12 heavy (non-hydrogen) atoms. The third-order valence-electron chi connectivity index (χ3n) is 1.13. The molecule has 0 saturated heterocycles. The van der Waals surface area contributed by atoms with Crippen LogP contribution in [-0.4, -0.2) is 17.7 Å². The van der Waals surface area contributed by atoms with Gasteiger partial charge in [0, 0.05) is 6.92 Å². The minimum Gasteiger partial charge on any atom is -0.273 e. The first-order valence-corrected chi connectivity index (χ1v) is 3.18. The second-order valence-electron chi connectivity index (χ2n) is 2.77. The first-order chi connectivity index (χ1) is 5.17. The highest BCUT2D eigenvalue weighted by Crippen LogP contribution is 2.31. The van der Waals surface area contributed by atoms with Crippen molar-refractivity contribution < 1.29 is 22.8 Å². The molecule has 0 aromatic rings. The summed E-state index contributed by atoms with van der Waals surface area (Å²) in [5.41, 5.74) is -0.729. The molecule has 3 nitrogen and oxygen atoms in total. The standard InChI is InChI=1S/C6H10F3NO2/c1-4(11)10-12-5(2,3)6(7,8)9/h1-3H3,(H,10,11). The Hall–Kier alpha value is -0.780. The number of carbonyl (C=O) groups excluding carboxylic acids is 1. The zero-order valence-corrected chi connectivity index (χ0v) is 6.95. The molecule has 0 fully saturated rings. The van der Waals surface area contributed by atoms with Gasteiger partial charge in [-0.2, -0.15) is 13.2 Å². The quantitative estimate of drug-likeness (QED) is 0.660. The van der Waals surface area contributed by atoms with Gasteiger partial charge in [-0.25, -0.2) is 5.48 Å². The van der Waals surface area contributed by atoms with Crippen LogP contribution < -0.4 is 5.48 Å². The van der Waals surface area contributed by atoms with Crippen LogP contribution in [0.5, 0.6) is 0 Å². The highest BCUT2D eigenvalue weighted by atomic mass is 19.4. The molecule has 0 aromatic heterocycles. The van der Waals surface area contributed by atoms with Crippen molar-refractivity contribution in [2.45, 2.75) is 32.5 Å². The molecule has 1 amide bonds. The zero-order valence-electron chi connectivity index (χ0n) is 6.95. The number of rotatable bonds is 2. The van der Waals surface area contributed by atoms with E-state index in [9.17, 15) is 18.0 Å². The van der Waals surface area contributed by atoms with Crippen molar-refractivity contribution in [3.8, 4) is 0 Å². The molecule has 0 aliphatic rings. The average Bonchev–Trinajstić information content (AvgIpc) is 1.81. The SMILES string of the molecule is CC(=O)NOC(C)(C)C(F)(F)F. The Bertz CT molecular complexity index is 176. The fourth-order valence-corrected chi connectivity index (χ4v) is 0.257. The number of amides is 1. The number of carbonyl (C=O) groups is 1. The lowest BCUT2D eigenvalue weighted by molar-refractivity contribution is -0.279. The third-order valence-corrected chi connectivity index (χ3v) is 1.13. The van der Waals surface area contributed by atoms with Crippen molar-refractivity contribution in [2.24, 2.45) is 0 Å². The van der Waals surface area contributed by atoms with Crippen molar-refractivity contribution in [1.29, 1.82) is 0 Å². The van der Waals surface area contributed by atoms with Crippen LogP contribution in [0.15, 0.2) is 0 Å². The summed E-state index contributed by atoms with van der Waals surface area (Å²) in [6.07, 6.45) is -4.50. The van der Waals surface area contributed by atoms with Gasteiger partial charge in [-0.3, -0.25) is 9.63 Å². The molecular formula is C6H10F3NO2. The molecule has 6 heteroatoms. The van der Waals surface area contributed by atoms with Gasteiger partial charge in [-0.05, 0) is 13.8 Å². The van der Waals surface area contributed by atoms with Crippen LogP contribution in [-0.2, 0) is 9.63 Å². The zero-order chi connectivity index (χ0) is 9.99. The van der Waals surface area contributed by atoms with E-state index in [-0.39, 0.29) is 0 Å². The van der Waals surface area contributed by atoms with E-state index in [2.05, 4.69) is 4.84 Å².